The van der Waals surface area contributed by atoms with Gasteiger partial charge < -0.3 is 10.6 Å². The van der Waals surface area contributed by atoms with Crippen LogP contribution in [0.25, 0.3) is 0 Å². The van der Waals surface area contributed by atoms with Crippen LogP contribution in [0.4, 0.5) is 5.69 Å². The molecule has 0 fully saturated rings. The van der Waals surface area contributed by atoms with Gasteiger partial charge in [0.1, 0.15) is 0 Å². The second-order valence-corrected chi connectivity index (χ2v) is 5.57. The third-order valence-electron chi connectivity index (χ3n) is 4.03. The quantitative estimate of drug-likeness (QED) is 0.865. The number of nitrogens with zero attached hydrogens (tertiary/aromatic N) is 1. The number of hydrogen-bond donors (Lipinski definition) is 1. The van der Waals surface area contributed by atoms with Gasteiger partial charge in [-0.15, -0.1) is 0 Å². The molecular weight excluding hydrogens is 208 g/mol. The molecule has 0 radical (unpaired) electrons. The van der Waals surface area contributed by atoms with Crippen LogP contribution in [-0.2, 0) is 6.42 Å². The molecule has 0 spiro atoms. The zero-order chi connectivity index (χ0) is 12.4. The number of para-hydroxylation sites is 1. The van der Waals surface area contributed by atoms with Gasteiger partial charge in [0.25, 0.3) is 0 Å². The zero-order valence-corrected chi connectivity index (χ0v) is 11.2. The summed E-state index contributed by atoms with van der Waals surface area (Å²) in [7, 11) is 0. The summed E-state index contributed by atoms with van der Waals surface area (Å²) in [6.07, 6.45) is 1.17. The summed E-state index contributed by atoms with van der Waals surface area (Å²) in [6, 6.07) is 9.38. The van der Waals surface area contributed by atoms with Crippen molar-refractivity contribution in [2.24, 2.45) is 17.6 Å². The molecule has 0 aliphatic carbocycles. The van der Waals surface area contributed by atoms with Gasteiger partial charge in [0.15, 0.2) is 0 Å². The first-order chi connectivity index (χ1) is 8.13. The number of rotatable bonds is 4. The second-order valence-electron chi connectivity index (χ2n) is 5.57. The molecule has 1 aromatic rings. The Labute approximate surface area is 105 Å². The molecule has 0 saturated heterocycles. The zero-order valence-electron chi connectivity index (χ0n) is 11.2. The highest BCUT2D eigenvalue weighted by molar-refractivity contribution is 5.59. The molecule has 1 aliphatic heterocycles. The maximum Gasteiger partial charge on any atom is 0.0402 e. The monoisotopic (exact) mass is 232 g/mol. The minimum Gasteiger partial charge on any atom is -0.368 e. The van der Waals surface area contributed by atoms with Gasteiger partial charge in [0.05, 0.1) is 0 Å². The topological polar surface area (TPSA) is 29.3 Å². The molecule has 0 amide bonds. The lowest BCUT2D eigenvalue weighted by Gasteiger charge is -2.31. The van der Waals surface area contributed by atoms with E-state index in [2.05, 4.69) is 49.9 Å². The van der Waals surface area contributed by atoms with E-state index < -0.39 is 0 Å². The SMILES string of the molecule is CC(C)C(CN)CN1c2ccccc2CC1C. The fourth-order valence-electron chi connectivity index (χ4n) is 2.72. The van der Waals surface area contributed by atoms with Crippen LogP contribution in [0.2, 0.25) is 0 Å². The van der Waals surface area contributed by atoms with Crippen LogP contribution in [0.5, 0.6) is 0 Å². The van der Waals surface area contributed by atoms with Crippen LogP contribution < -0.4 is 10.6 Å². The molecule has 2 nitrogen and oxygen atoms in total. The summed E-state index contributed by atoms with van der Waals surface area (Å²) < 4.78 is 0. The summed E-state index contributed by atoms with van der Waals surface area (Å²) in [5.41, 5.74) is 8.79. The van der Waals surface area contributed by atoms with Crippen LogP contribution >= 0.6 is 0 Å². The van der Waals surface area contributed by atoms with Crippen molar-refractivity contribution >= 4 is 5.69 Å². The predicted molar refractivity (Wildman–Crippen MR) is 74.3 cm³/mol. The summed E-state index contributed by atoms with van der Waals surface area (Å²) >= 11 is 0. The van der Waals surface area contributed by atoms with Crippen LogP contribution in [0.3, 0.4) is 0 Å². The smallest absolute Gasteiger partial charge is 0.0402 e. The van der Waals surface area contributed by atoms with Crippen molar-refractivity contribution in [3.05, 3.63) is 29.8 Å². The minimum absolute atomic E-state index is 0.587. The lowest BCUT2D eigenvalue weighted by Crippen LogP contribution is -2.38. The van der Waals surface area contributed by atoms with Crippen LogP contribution in [0.15, 0.2) is 24.3 Å². The van der Waals surface area contributed by atoms with Gasteiger partial charge in [-0.3, -0.25) is 0 Å². The van der Waals surface area contributed by atoms with Gasteiger partial charge in [0.2, 0.25) is 0 Å². The number of hydrogen-bond acceptors (Lipinski definition) is 2. The Morgan fingerprint density at radius 2 is 2.06 bits per heavy atom. The Hall–Kier alpha value is -1.02. The third kappa shape index (κ3) is 2.47. The van der Waals surface area contributed by atoms with Gasteiger partial charge in [-0.05, 0) is 43.4 Å². The fraction of sp³-hybridized carbons (Fsp3) is 0.600. The molecule has 0 bridgehead atoms. The van der Waals surface area contributed by atoms with E-state index in [9.17, 15) is 0 Å². The molecule has 0 saturated carbocycles. The molecule has 94 valence electrons. The highest BCUT2D eigenvalue weighted by Crippen LogP contribution is 2.32. The van der Waals surface area contributed by atoms with E-state index in [1.54, 1.807) is 0 Å². The maximum absolute atomic E-state index is 5.89. The molecule has 2 atom stereocenters. The number of anilines is 1. The molecular formula is C15H24N2. The molecule has 2 rings (SSSR count). The Morgan fingerprint density at radius 3 is 2.71 bits per heavy atom. The summed E-state index contributed by atoms with van der Waals surface area (Å²) in [6.45, 7) is 8.72. The first-order valence-electron chi connectivity index (χ1n) is 6.68. The summed E-state index contributed by atoms with van der Waals surface area (Å²) in [4.78, 5) is 2.53. The lowest BCUT2D eigenvalue weighted by molar-refractivity contribution is 0.385. The predicted octanol–water partition coefficient (Wildman–Crippen LogP) is 2.67. The van der Waals surface area contributed by atoms with Crippen molar-refractivity contribution in [3.63, 3.8) is 0 Å². The van der Waals surface area contributed by atoms with Gasteiger partial charge in [0, 0.05) is 18.3 Å². The maximum atomic E-state index is 5.89. The van der Waals surface area contributed by atoms with E-state index in [4.69, 9.17) is 5.73 Å². The van der Waals surface area contributed by atoms with E-state index in [0.717, 1.165) is 13.1 Å². The van der Waals surface area contributed by atoms with Crippen LogP contribution in [-0.4, -0.2) is 19.1 Å². The van der Waals surface area contributed by atoms with Gasteiger partial charge >= 0.3 is 0 Å². The largest absolute Gasteiger partial charge is 0.368 e. The normalized spacial score (nSPS) is 20.8. The van der Waals surface area contributed by atoms with Crippen LogP contribution in [0, 0.1) is 11.8 Å². The molecule has 2 unspecified atom stereocenters. The minimum atomic E-state index is 0.587. The summed E-state index contributed by atoms with van der Waals surface area (Å²) in [5, 5.41) is 0. The standard InChI is InChI=1S/C15H24N2/c1-11(2)14(9-16)10-17-12(3)8-13-6-4-5-7-15(13)17/h4-7,11-12,14H,8-10,16H2,1-3H3. The number of fused-ring (bicyclic) bond motifs is 1. The molecule has 17 heavy (non-hydrogen) atoms. The first-order valence-corrected chi connectivity index (χ1v) is 6.68. The lowest BCUT2D eigenvalue weighted by atomic mass is 9.95. The Morgan fingerprint density at radius 1 is 1.35 bits per heavy atom. The number of benzene rings is 1. The molecule has 1 aliphatic rings. The van der Waals surface area contributed by atoms with Crippen molar-refractivity contribution in [2.75, 3.05) is 18.0 Å². The van der Waals surface area contributed by atoms with Gasteiger partial charge in [-0.25, -0.2) is 0 Å². The van der Waals surface area contributed by atoms with E-state index in [0.29, 0.717) is 17.9 Å². The van der Waals surface area contributed by atoms with Crippen molar-refractivity contribution in [1.82, 2.24) is 0 Å². The Kier molecular flexibility index (Phi) is 3.72. The third-order valence-corrected chi connectivity index (χ3v) is 4.03. The van der Waals surface area contributed by atoms with Crippen LogP contribution in [0.1, 0.15) is 26.3 Å². The number of nitrogens with two attached hydrogens (primary N) is 1. The average molecular weight is 232 g/mol. The van der Waals surface area contributed by atoms with E-state index in [1.807, 2.05) is 0 Å². The Balaban J connectivity index is 2.16. The first kappa shape index (κ1) is 12.4. The van der Waals surface area contributed by atoms with E-state index in [1.165, 1.54) is 17.7 Å². The highest BCUT2D eigenvalue weighted by atomic mass is 15.2. The fourth-order valence-corrected chi connectivity index (χ4v) is 2.72. The van der Waals surface area contributed by atoms with E-state index in [-0.39, 0.29) is 0 Å². The summed E-state index contributed by atoms with van der Waals surface area (Å²) in [5.74, 6) is 1.24. The highest BCUT2D eigenvalue weighted by Gasteiger charge is 2.27. The molecule has 1 aromatic carbocycles. The van der Waals surface area contributed by atoms with Gasteiger partial charge in [-0.1, -0.05) is 32.0 Å². The molecule has 1 heterocycles. The Bertz CT molecular complexity index is 373. The van der Waals surface area contributed by atoms with Crippen molar-refractivity contribution < 1.29 is 0 Å². The molecule has 0 aromatic heterocycles. The van der Waals surface area contributed by atoms with E-state index >= 15 is 0 Å². The average Bonchev–Trinajstić information content (AvgIpc) is 2.61. The van der Waals surface area contributed by atoms with Crippen molar-refractivity contribution in [2.45, 2.75) is 33.2 Å². The molecule has 2 heteroatoms. The van der Waals surface area contributed by atoms with Crippen molar-refractivity contribution in [3.8, 4) is 0 Å². The van der Waals surface area contributed by atoms with Crippen molar-refractivity contribution in [1.29, 1.82) is 0 Å². The van der Waals surface area contributed by atoms with Gasteiger partial charge in [-0.2, -0.15) is 0 Å². The second kappa shape index (κ2) is 5.09. The molecule has 2 N–H and O–H groups in total.